The van der Waals surface area contributed by atoms with E-state index in [-0.39, 0.29) is 24.1 Å². The molecule has 0 bridgehead atoms. The predicted molar refractivity (Wildman–Crippen MR) is 250 cm³/mol. The number of nitrogens with zero attached hydrogens (tertiary/aromatic N) is 1. The molecule has 1 amide bonds. The van der Waals surface area contributed by atoms with Crippen LogP contribution in [-0.2, 0) is 23.8 Å². The molecule has 0 radical (unpaired) electrons. The summed E-state index contributed by atoms with van der Waals surface area (Å²) in [5.41, 5.74) is -0.517. The molecule has 0 aromatic rings. The maximum Gasteiger partial charge on any atom is 0.407 e. The molecule has 8 nitrogen and oxygen atoms in total. The molecule has 0 aromatic carbocycles. The standard InChI is InChI=1S/C51H100N2O6/c1-9-14-17-20-23-27-35-45(36-28-24-21-18-15-10-2)44-57-48(54)39-30-26-33-42-53(43-34-41-52-50(56)59-51(6,7)8)46(12-4)37-31-32-40-49(55)58-47(13-5)38-29-25-22-19-16-11-3/h45-47H,9-44H2,1-8H3,(H,52,56). The van der Waals surface area contributed by atoms with Gasteiger partial charge in [0.25, 0.3) is 0 Å². The highest BCUT2D eigenvalue weighted by atomic mass is 16.6. The second-order valence-corrected chi connectivity index (χ2v) is 18.7. The molecule has 0 heterocycles. The van der Waals surface area contributed by atoms with Gasteiger partial charge in [-0.15, -0.1) is 0 Å². The molecule has 2 atom stereocenters. The van der Waals surface area contributed by atoms with Crippen LogP contribution in [0.5, 0.6) is 0 Å². The Morgan fingerprint density at radius 3 is 1.54 bits per heavy atom. The summed E-state index contributed by atoms with van der Waals surface area (Å²) in [6.07, 6.45) is 35.6. The van der Waals surface area contributed by atoms with E-state index in [0.29, 0.717) is 38.0 Å². The lowest BCUT2D eigenvalue weighted by atomic mass is 9.94. The number of unbranched alkanes of at least 4 members (excludes halogenated alkanes) is 18. The fourth-order valence-corrected chi connectivity index (χ4v) is 8.08. The summed E-state index contributed by atoms with van der Waals surface area (Å²) in [7, 11) is 0. The first kappa shape index (κ1) is 57.2. The molecule has 0 aliphatic carbocycles. The van der Waals surface area contributed by atoms with Gasteiger partial charge in [-0.25, -0.2) is 4.79 Å². The Bertz CT molecular complexity index is 952. The number of ether oxygens (including phenoxy) is 3. The summed E-state index contributed by atoms with van der Waals surface area (Å²) in [4.78, 5) is 40.4. The van der Waals surface area contributed by atoms with Crippen molar-refractivity contribution in [3.63, 3.8) is 0 Å². The smallest absolute Gasteiger partial charge is 0.407 e. The van der Waals surface area contributed by atoms with Gasteiger partial charge in [-0.1, -0.05) is 157 Å². The number of amides is 1. The fourth-order valence-electron chi connectivity index (χ4n) is 8.08. The van der Waals surface area contributed by atoms with Crippen LogP contribution in [-0.4, -0.2) is 66.9 Å². The van der Waals surface area contributed by atoms with Crippen LogP contribution in [0.4, 0.5) is 4.79 Å². The van der Waals surface area contributed by atoms with Crippen LogP contribution >= 0.6 is 0 Å². The van der Waals surface area contributed by atoms with E-state index in [2.05, 4.69) is 44.8 Å². The van der Waals surface area contributed by atoms with E-state index < -0.39 is 5.60 Å². The Balaban J connectivity index is 4.92. The van der Waals surface area contributed by atoms with Crippen molar-refractivity contribution >= 4 is 18.0 Å². The normalized spacial score (nSPS) is 12.8. The first-order chi connectivity index (χ1) is 28.5. The molecule has 0 saturated heterocycles. The topological polar surface area (TPSA) is 94.2 Å². The SMILES string of the molecule is CCCCCCCCC(CCCCCCCC)COC(=O)CCCCCN(CCCNC(=O)OC(C)(C)C)C(CC)CCCCC(=O)OC(CC)CCCCCCCC. The molecule has 0 aromatic heterocycles. The van der Waals surface area contributed by atoms with Gasteiger partial charge < -0.3 is 24.4 Å². The van der Waals surface area contributed by atoms with Crippen LogP contribution in [0.1, 0.15) is 261 Å². The molecule has 0 fully saturated rings. The summed E-state index contributed by atoms with van der Waals surface area (Å²) in [6.45, 7) is 19.8. The third-order valence-electron chi connectivity index (χ3n) is 11.8. The maximum atomic E-state index is 12.9. The third-order valence-corrected chi connectivity index (χ3v) is 11.8. The summed E-state index contributed by atoms with van der Waals surface area (Å²) in [5.74, 6) is 0.406. The van der Waals surface area contributed by atoms with Gasteiger partial charge in [-0.2, -0.15) is 0 Å². The molecule has 1 N–H and O–H groups in total. The van der Waals surface area contributed by atoms with E-state index >= 15 is 0 Å². The van der Waals surface area contributed by atoms with Crippen molar-refractivity contribution in [2.24, 2.45) is 5.92 Å². The Kier molecular flexibility index (Phi) is 39.0. The van der Waals surface area contributed by atoms with Crippen LogP contribution in [0.15, 0.2) is 0 Å². The fraction of sp³-hybridized carbons (Fsp3) is 0.941. The van der Waals surface area contributed by atoms with Gasteiger partial charge in [-0.05, 0) is 104 Å². The lowest BCUT2D eigenvalue weighted by Crippen LogP contribution is -2.39. The number of rotatable bonds is 42. The molecule has 0 rings (SSSR count). The van der Waals surface area contributed by atoms with Gasteiger partial charge in [0.05, 0.1) is 6.61 Å². The van der Waals surface area contributed by atoms with Gasteiger partial charge >= 0.3 is 18.0 Å². The lowest BCUT2D eigenvalue weighted by molar-refractivity contribution is -0.150. The number of carbonyl (C=O) groups excluding carboxylic acids is 3. The number of carbonyl (C=O) groups is 3. The van der Waals surface area contributed by atoms with Crippen molar-refractivity contribution in [2.45, 2.75) is 279 Å². The second-order valence-electron chi connectivity index (χ2n) is 18.7. The predicted octanol–water partition coefficient (Wildman–Crippen LogP) is 14.8. The van der Waals surface area contributed by atoms with E-state index in [9.17, 15) is 14.4 Å². The second kappa shape index (κ2) is 40.3. The van der Waals surface area contributed by atoms with Crippen molar-refractivity contribution in [1.82, 2.24) is 10.2 Å². The lowest BCUT2D eigenvalue weighted by Gasteiger charge is -2.31. The number of nitrogens with one attached hydrogen (secondary N) is 1. The molecular weight excluding hydrogens is 737 g/mol. The zero-order valence-corrected chi connectivity index (χ0v) is 40.6. The molecule has 0 aliphatic rings. The number of hydrogen-bond acceptors (Lipinski definition) is 7. The first-order valence-corrected chi connectivity index (χ1v) is 25.5. The van der Waals surface area contributed by atoms with Crippen LogP contribution in [0.25, 0.3) is 0 Å². The van der Waals surface area contributed by atoms with Crippen molar-refractivity contribution in [2.75, 3.05) is 26.2 Å². The van der Waals surface area contributed by atoms with Gasteiger partial charge in [0.15, 0.2) is 0 Å². The zero-order chi connectivity index (χ0) is 43.8. The van der Waals surface area contributed by atoms with Crippen LogP contribution in [0.2, 0.25) is 0 Å². The first-order valence-electron chi connectivity index (χ1n) is 25.5. The van der Waals surface area contributed by atoms with Crippen molar-refractivity contribution < 1.29 is 28.6 Å². The highest BCUT2D eigenvalue weighted by Crippen LogP contribution is 2.21. The van der Waals surface area contributed by atoms with Gasteiger partial charge in [0.2, 0.25) is 0 Å². The highest BCUT2D eigenvalue weighted by molar-refractivity contribution is 5.69. The molecule has 2 unspecified atom stereocenters. The van der Waals surface area contributed by atoms with Crippen molar-refractivity contribution in [3.8, 4) is 0 Å². The largest absolute Gasteiger partial charge is 0.465 e. The van der Waals surface area contributed by atoms with E-state index in [1.807, 2.05) is 20.8 Å². The minimum atomic E-state index is -0.517. The summed E-state index contributed by atoms with van der Waals surface area (Å²) in [6, 6.07) is 0.406. The summed E-state index contributed by atoms with van der Waals surface area (Å²) >= 11 is 0. The van der Waals surface area contributed by atoms with Crippen molar-refractivity contribution in [1.29, 1.82) is 0 Å². The van der Waals surface area contributed by atoms with Gasteiger partial charge in [0, 0.05) is 32.0 Å². The molecule has 59 heavy (non-hydrogen) atoms. The number of hydrogen-bond donors (Lipinski definition) is 1. The molecule has 0 spiro atoms. The monoisotopic (exact) mass is 837 g/mol. The van der Waals surface area contributed by atoms with E-state index in [1.165, 1.54) is 122 Å². The van der Waals surface area contributed by atoms with Gasteiger partial charge in [-0.3, -0.25) is 9.59 Å². The van der Waals surface area contributed by atoms with E-state index in [1.54, 1.807) is 0 Å². The zero-order valence-electron chi connectivity index (χ0n) is 40.6. The Morgan fingerprint density at radius 2 is 1.00 bits per heavy atom. The van der Waals surface area contributed by atoms with Gasteiger partial charge in [0.1, 0.15) is 11.7 Å². The minimum absolute atomic E-state index is 0.0383. The molecule has 350 valence electrons. The van der Waals surface area contributed by atoms with Crippen molar-refractivity contribution in [3.05, 3.63) is 0 Å². The number of alkyl carbamates (subject to hydrolysis) is 1. The summed E-state index contributed by atoms with van der Waals surface area (Å²) < 4.78 is 17.2. The highest BCUT2D eigenvalue weighted by Gasteiger charge is 2.19. The summed E-state index contributed by atoms with van der Waals surface area (Å²) in [5, 5.41) is 2.92. The van der Waals surface area contributed by atoms with Crippen LogP contribution in [0.3, 0.4) is 0 Å². The minimum Gasteiger partial charge on any atom is -0.465 e. The molecular formula is C51H100N2O6. The maximum absolute atomic E-state index is 12.9. The quantitative estimate of drug-likeness (QED) is 0.0372. The van der Waals surface area contributed by atoms with Crippen LogP contribution in [0, 0.1) is 5.92 Å². The average molecular weight is 837 g/mol. The number of esters is 2. The Hall–Kier alpha value is -1.83. The van der Waals surface area contributed by atoms with E-state index in [4.69, 9.17) is 14.2 Å². The van der Waals surface area contributed by atoms with E-state index in [0.717, 1.165) is 83.7 Å². The molecule has 0 aliphatic heterocycles. The van der Waals surface area contributed by atoms with Crippen LogP contribution < -0.4 is 5.32 Å². The molecule has 0 saturated carbocycles. The molecule has 8 heteroatoms. The third kappa shape index (κ3) is 37.6. The average Bonchev–Trinajstić information content (AvgIpc) is 3.20. The Labute approximate surface area is 366 Å². The Morgan fingerprint density at radius 1 is 0.525 bits per heavy atom.